The predicted octanol–water partition coefficient (Wildman–Crippen LogP) is 3.53. The Morgan fingerprint density at radius 2 is 1.88 bits per heavy atom. The molecule has 32 heavy (non-hydrogen) atoms. The van der Waals surface area contributed by atoms with Crippen molar-refractivity contribution in [3.63, 3.8) is 0 Å². The number of carbonyl (C=O) groups excluding carboxylic acids is 3. The van der Waals surface area contributed by atoms with Gasteiger partial charge in [-0.1, -0.05) is 48.0 Å². The molecule has 2 heterocycles. The number of carbonyl (C=O) groups is 3. The topological polar surface area (TPSA) is 91.4 Å². The lowest BCUT2D eigenvalue weighted by atomic mass is 10.0. The zero-order valence-corrected chi connectivity index (χ0v) is 18.3. The van der Waals surface area contributed by atoms with Crippen LogP contribution in [-0.4, -0.2) is 40.2 Å². The molecule has 1 atom stereocenters. The largest absolute Gasteiger partial charge is 0.345 e. The highest BCUT2D eigenvalue weighted by molar-refractivity contribution is 7.14. The van der Waals surface area contributed by atoms with Crippen molar-refractivity contribution in [1.82, 2.24) is 15.2 Å². The Hall–Kier alpha value is -3.52. The first kappa shape index (κ1) is 20.4. The molecular formula is C24H22N4O3S. The molecule has 0 saturated heterocycles. The van der Waals surface area contributed by atoms with Crippen molar-refractivity contribution in [3.05, 3.63) is 70.6 Å². The number of fused-ring (bicyclic) bond motifs is 1. The van der Waals surface area contributed by atoms with E-state index in [0.29, 0.717) is 16.3 Å². The molecule has 7 nitrogen and oxygen atoms in total. The summed E-state index contributed by atoms with van der Waals surface area (Å²) in [5.74, 6) is -0.817. The van der Waals surface area contributed by atoms with Crippen LogP contribution in [0.5, 0.6) is 0 Å². The maximum absolute atomic E-state index is 13.0. The average molecular weight is 447 g/mol. The van der Waals surface area contributed by atoms with Crippen LogP contribution in [-0.2, 0) is 9.59 Å². The Morgan fingerprint density at radius 3 is 2.62 bits per heavy atom. The molecule has 162 valence electrons. The number of amides is 3. The van der Waals surface area contributed by atoms with Crippen LogP contribution >= 0.6 is 11.3 Å². The molecule has 1 aromatic heterocycles. The van der Waals surface area contributed by atoms with Gasteiger partial charge in [0.1, 0.15) is 6.04 Å². The fraction of sp³-hybridized carbons (Fsp3) is 0.250. The smallest absolute Gasteiger partial charge is 0.255 e. The number of anilines is 1. The van der Waals surface area contributed by atoms with E-state index >= 15 is 0 Å². The molecule has 0 radical (unpaired) electrons. The van der Waals surface area contributed by atoms with Crippen molar-refractivity contribution >= 4 is 34.2 Å². The van der Waals surface area contributed by atoms with Crippen molar-refractivity contribution in [2.24, 2.45) is 0 Å². The Balaban J connectivity index is 1.22. The third-order valence-corrected chi connectivity index (χ3v) is 6.47. The molecule has 3 amide bonds. The number of nitrogens with zero attached hydrogens (tertiary/aromatic N) is 2. The second kappa shape index (κ2) is 8.20. The lowest BCUT2D eigenvalue weighted by Gasteiger charge is -2.24. The number of rotatable bonds is 6. The number of aromatic nitrogens is 1. The van der Waals surface area contributed by atoms with E-state index in [1.807, 2.05) is 48.7 Å². The fourth-order valence-corrected chi connectivity index (χ4v) is 4.68. The van der Waals surface area contributed by atoms with Gasteiger partial charge in [0.25, 0.3) is 5.91 Å². The molecule has 0 unspecified atom stereocenters. The van der Waals surface area contributed by atoms with Crippen LogP contribution in [0.4, 0.5) is 5.13 Å². The molecular weight excluding hydrogens is 424 g/mol. The Kier molecular flexibility index (Phi) is 5.22. The van der Waals surface area contributed by atoms with Gasteiger partial charge >= 0.3 is 0 Å². The first-order valence-electron chi connectivity index (χ1n) is 10.5. The van der Waals surface area contributed by atoms with Crippen LogP contribution in [0.2, 0.25) is 0 Å². The van der Waals surface area contributed by atoms with Crippen molar-refractivity contribution in [2.75, 3.05) is 11.9 Å². The van der Waals surface area contributed by atoms with E-state index in [2.05, 4.69) is 15.6 Å². The third kappa shape index (κ3) is 3.89. The highest BCUT2D eigenvalue weighted by atomic mass is 32.1. The zero-order valence-electron chi connectivity index (χ0n) is 17.5. The Morgan fingerprint density at radius 1 is 1.12 bits per heavy atom. The maximum Gasteiger partial charge on any atom is 0.255 e. The summed E-state index contributed by atoms with van der Waals surface area (Å²) < 4.78 is 0. The number of thiazole rings is 1. The number of aryl methyl sites for hydroxylation is 1. The molecule has 2 aromatic carbocycles. The van der Waals surface area contributed by atoms with Gasteiger partial charge in [-0.25, -0.2) is 4.98 Å². The van der Waals surface area contributed by atoms with E-state index in [4.69, 9.17) is 0 Å². The second-order valence-electron chi connectivity index (χ2n) is 8.10. The van der Waals surface area contributed by atoms with Gasteiger partial charge in [0.2, 0.25) is 11.8 Å². The van der Waals surface area contributed by atoms with Gasteiger partial charge < -0.3 is 15.5 Å². The van der Waals surface area contributed by atoms with Gasteiger partial charge in [-0.05, 0) is 31.4 Å². The molecule has 8 heteroatoms. The standard InChI is InChI=1S/C24H22N4O3S/c1-14-6-8-15(9-7-14)19-13-32-24(26-19)27-20(29)12-25-22(30)21-17-4-2-3-5-18(17)23(31)28(21)16-10-11-16/h2-9,13,16,21H,10-12H2,1H3,(H,25,30)(H,26,27,29)/t21-/m0/s1. The second-order valence-corrected chi connectivity index (χ2v) is 8.96. The summed E-state index contributed by atoms with van der Waals surface area (Å²) in [6, 6.07) is 14.6. The van der Waals surface area contributed by atoms with Crippen molar-refractivity contribution in [2.45, 2.75) is 31.8 Å². The van der Waals surface area contributed by atoms with Crippen LogP contribution in [0.1, 0.15) is 40.4 Å². The third-order valence-electron chi connectivity index (χ3n) is 5.71. The summed E-state index contributed by atoms with van der Waals surface area (Å²) in [5.41, 5.74) is 4.20. The van der Waals surface area contributed by atoms with Crippen molar-refractivity contribution in [1.29, 1.82) is 0 Å². The van der Waals surface area contributed by atoms with Crippen LogP contribution in [0.3, 0.4) is 0 Å². The van der Waals surface area contributed by atoms with Crippen molar-refractivity contribution in [3.8, 4) is 11.3 Å². The van der Waals surface area contributed by atoms with Crippen LogP contribution in [0.25, 0.3) is 11.3 Å². The number of nitrogens with one attached hydrogen (secondary N) is 2. The molecule has 1 aliphatic carbocycles. The van der Waals surface area contributed by atoms with Gasteiger partial charge in [-0.2, -0.15) is 0 Å². The molecule has 5 rings (SSSR count). The van der Waals surface area contributed by atoms with Gasteiger partial charge in [-0.15, -0.1) is 11.3 Å². The van der Waals surface area contributed by atoms with Crippen LogP contribution < -0.4 is 10.6 Å². The quantitative estimate of drug-likeness (QED) is 0.606. The summed E-state index contributed by atoms with van der Waals surface area (Å²) in [5, 5.41) is 7.79. The van der Waals surface area contributed by atoms with Gasteiger partial charge in [0, 0.05) is 22.5 Å². The van der Waals surface area contributed by atoms with Crippen LogP contribution in [0.15, 0.2) is 53.9 Å². The number of hydrogen-bond acceptors (Lipinski definition) is 5. The zero-order chi connectivity index (χ0) is 22.2. The van der Waals surface area contributed by atoms with E-state index in [0.717, 1.165) is 24.1 Å². The Labute approximate surface area is 189 Å². The SMILES string of the molecule is Cc1ccc(-c2csc(NC(=O)CNC(=O)[C@@H]3c4ccccc4C(=O)N3C3CC3)n2)cc1. The first-order valence-corrected chi connectivity index (χ1v) is 11.4. The summed E-state index contributed by atoms with van der Waals surface area (Å²) >= 11 is 1.33. The maximum atomic E-state index is 13.0. The van der Waals surface area contributed by atoms with Crippen LogP contribution in [0, 0.1) is 6.92 Å². The Bertz CT molecular complexity index is 1200. The normalized spacial score (nSPS) is 17.2. The summed E-state index contributed by atoms with van der Waals surface area (Å²) in [6.07, 6.45) is 1.80. The average Bonchev–Trinajstić information content (AvgIpc) is 3.45. The molecule has 2 aliphatic rings. The van der Waals surface area contributed by atoms with E-state index in [1.54, 1.807) is 17.0 Å². The van der Waals surface area contributed by atoms with E-state index in [9.17, 15) is 14.4 Å². The minimum atomic E-state index is -0.688. The van der Waals surface area contributed by atoms with Gasteiger partial charge in [0.05, 0.1) is 12.2 Å². The predicted molar refractivity (Wildman–Crippen MR) is 122 cm³/mol. The first-order chi connectivity index (χ1) is 15.5. The highest BCUT2D eigenvalue weighted by Crippen LogP contribution is 2.41. The monoisotopic (exact) mass is 446 g/mol. The molecule has 3 aromatic rings. The highest BCUT2D eigenvalue weighted by Gasteiger charge is 2.47. The summed E-state index contributed by atoms with van der Waals surface area (Å²) in [7, 11) is 0. The van der Waals surface area contributed by atoms with E-state index in [-0.39, 0.29) is 30.3 Å². The minimum absolute atomic E-state index is 0.0926. The molecule has 1 fully saturated rings. The van der Waals surface area contributed by atoms with Crippen molar-refractivity contribution < 1.29 is 14.4 Å². The molecule has 0 bridgehead atoms. The number of benzene rings is 2. The molecule has 2 N–H and O–H groups in total. The van der Waals surface area contributed by atoms with E-state index in [1.165, 1.54) is 16.9 Å². The van der Waals surface area contributed by atoms with E-state index < -0.39 is 6.04 Å². The molecule has 1 saturated carbocycles. The van der Waals surface area contributed by atoms with Gasteiger partial charge in [0.15, 0.2) is 5.13 Å². The fourth-order valence-electron chi connectivity index (χ4n) is 3.95. The summed E-state index contributed by atoms with van der Waals surface area (Å²) in [6.45, 7) is 1.83. The lowest BCUT2D eigenvalue weighted by molar-refractivity contribution is -0.127. The minimum Gasteiger partial charge on any atom is -0.345 e. The lowest BCUT2D eigenvalue weighted by Crippen LogP contribution is -2.42. The summed E-state index contributed by atoms with van der Waals surface area (Å²) in [4.78, 5) is 44.3. The molecule has 0 spiro atoms. The van der Waals surface area contributed by atoms with Gasteiger partial charge in [-0.3, -0.25) is 14.4 Å². The number of hydrogen-bond donors (Lipinski definition) is 2. The molecule has 1 aliphatic heterocycles.